The highest BCUT2D eigenvalue weighted by Gasteiger charge is 2.23. The lowest BCUT2D eigenvalue weighted by molar-refractivity contribution is -0.116. The topological polar surface area (TPSA) is 49.4 Å². The molecule has 0 unspecified atom stereocenters. The molecular weight excluding hydrogens is 372 g/mol. The molecule has 3 aromatic rings. The summed E-state index contributed by atoms with van der Waals surface area (Å²) in [5.74, 6) is -0.0367. The summed E-state index contributed by atoms with van der Waals surface area (Å²) in [6.07, 6.45) is 1.56. The van der Waals surface area contributed by atoms with E-state index in [2.05, 4.69) is 41.7 Å². The van der Waals surface area contributed by atoms with Crippen LogP contribution in [-0.2, 0) is 17.6 Å². The molecule has 4 nitrogen and oxygen atoms in total. The van der Waals surface area contributed by atoms with E-state index in [1.165, 1.54) is 16.7 Å². The maximum absolute atomic E-state index is 12.7. The predicted molar refractivity (Wildman–Crippen MR) is 121 cm³/mol. The molecule has 0 aliphatic carbocycles. The van der Waals surface area contributed by atoms with Gasteiger partial charge in [0.15, 0.2) is 0 Å². The molecule has 2 amide bonds. The van der Waals surface area contributed by atoms with Crippen LogP contribution < -0.4 is 10.2 Å². The van der Waals surface area contributed by atoms with Crippen LogP contribution in [-0.4, -0.2) is 24.4 Å². The van der Waals surface area contributed by atoms with Crippen molar-refractivity contribution < 1.29 is 9.59 Å². The molecule has 0 fully saturated rings. The van der Waals surface area contributed by atoms with Crippen LogP contribution >= 0.6 is 0 Å². The zero-order chi connectivity index (χ0) is 21.1. The van der Waals surface area contributed by atoms with E-state index in [0.717, 1.165) is 24.1 Å². The number of amides is 2. The number of hydrogen-bond donors (Lipinski definition) is 1. The van der Waals surface area contributed by atoms with Crippen LogP contribution in [0.2, 0.25) is 0 Å². The second-order valence-corrected chi connectivity index (χ2v) is 7.91. The number of anilines is 1. The molecule has 0 saturated heterocycles. The first kappa shape index (κ1) is 19.9. The Morgan fingerprint density at radius 1 is 0.967 bits per heavy atom. The summed E-state index contributed by atoms with van der Waals surface area (Å²) in [6.45, 7) is 4.28. The zero-order valence-corrected chi connectivity index (χ0v) is 17.4. The number of carbonyl (C=O) groups is 2. The van der Waals surface area contributed by atoms with Gasteiger partial charge < -0.3 is 10.2 Å². The molecule has 0 aromatic heterocycles. The van der Waals surface area contributed by atoms with Gasteiger partial charge in [-0.1, -0.05) is 54.6 Å². The number of hydrogen-bond acceptors (Lipinski definition) is 2. The number of rotatable bonds is 5. The Bertz CT molecular complexity index is 1060. The summed E-state index contributed by atoms with van der Waals surface area (Å²) in [5, 5.41) is 3.10. The minimum atomic E-state index is -0.0764. The molecule has 1 aliphatic heterocycles. The van der Waals surface area contributed by atoms with Crippen molar-refractivity contribution >= 4 is 17.5 Å². The zero-order valence-electron chi connectivity index (χ0n) is 17.4. The van der Waals surface area contributed by atoms with Crippen molar-refractivity contribution in [2.45, 2.75) is 32.7 Å². The van der Waals surface area contributed by atoms with Crippen molar-refractivity contribution in [3.05, 3.63) is 89.5 Å². The Hall–Kier alpha value is -3.40. The predicted octanol–water partition coefficient (Wildman–Crippen LogP) is 4.62. The molecule has 1 heterocycles. The van der Waals surface area contributed by atoms with Gasteiger partial charge in [0.25, 0.3) is 5.91 Å². The fraction of sp³-hybridized carbons (Fsp3) is 0.231. The third kappa shape index (κ3) is 4.28. The van der Waals surface area contributed by atoms with Crippen LogP contribution in [0.4, 0.5) is 5.69 Å². The lowest BCUT2D eigenvalue weighted by atomic mass is 10.0. The number of fused-ring (bicyclic) bond motifs is 1. The summed E-state index contributed by atoms with van der Waals surface area (Å²) >= 11 is 0. The highest BCUT2D eigenvalue weighted by Crippen LogP contribution is 2.29. The van der Waals surface area contributed by atoms with Gasteiger partial charge >= 0.3 is 0 Å². The van der Waals surface area contributed by atoms with Crippen molar-refractivity contribution in [2.75, 3.05) is 11.4 Å². The molecule has 1 aliphatic rings. The van der Waals surface area contributed by atoms with Crippen molar-refractivity contribution in [1.82, 2.24) is 5.32 Å². The normalized spacial score (nSPS) is 13.6. The van der Waals surface area contributed by atoms with Crippen LogP contribution in [0.15, 0.2) is 72.8 Å². The van der Waals surface area contributed by atoms with E-state index in [-0.39, 0.29) is 17.9 Å². The molecule has 4 rings (SSSR count). The van der Waals surface area contributed by atoms with Gasteiger partial charge in [0.2, 0.25) is 5.91 Å². The average Bonchev–Trinajstić information content (AvgIpc) is 3.18. The molecule has 0 radical (unpaired) electrons. The standard InChI is InChI=1S/C26H26N2O2/c1-18(16-20-8-10-22(11-9-20)21-6-4-3-5-7-21)27-26(30)24-12-13-25-23(17-24)14-15-28(25)19(2)29/h3-13,17-18H,14-16H2,1-2H3,(H,27,30)/t18-/m0/s1. The molecule has 0 spiro atoms. The third-order valence-corrected chi connectivity index (χ3v) is 5.60. The Morgan fingerprint density at radius 2 is 1.67 bits per heavy atom. The highest BCUT2D eigenvalue weighted by molar-refractivity contribution is 5.98. The molecular formula is C26H26N2O2. The Balaban J connectivity index is 1.38. The average molecular weight is 399 g/mol. The maximum Gasteiger partial charge on any atom is 0.251 e. The second kappa shape index (κ2) is 8.54. The third-order valence-electron chi connectivity index (χ3n) is 5.60. The van der Waals surface area contributed by atoms with E-state index in [9.17, 15) is 9.59 Å². The summed E-state index contributed by atoms with van der Waals surface area (Å²) < 4.78 is 0. The summed E-state index contributed by atoms with van der Waals surface area (Å²) in [4.78, 5) is 26.2. The van der Waals surface area contributed by atoms with Crippen LogP contribution in [0.5, 0.6) is 0 Å². The monoisotopic (exact) mass is 398 g/mol. The molecule has 3 aromatic carbocycles. The fourth-order valence-corrected chi connectivity index (χ4v) is 4.05. The van der Waals surface area contributed by atoms with Gasteiger partial charge in [0, 0.05) is 30.8 Å². The van der Waals surface area contributed by atoms with Gasteiger partial charge in [-0.2, -0.15) is 0 Å². The summed E-state index contributed by atoms with van der Waals surface area (Å²) in [6, 6.07) is 24.4. The van der Waals surface area contributed by atoms with E-state index in [1.807, 2.05) is 37.3 Å². The lowest BCUT2D eigenvalue weighted by Crippen LogP contribution is -2.34. The molecule has 0 bridgehead atoms. The Morgan fingerprint density at radius 3 is 2.37 bits per heavy atom. The van der Waals surface area contributed by atoms with Crippen molar-refractivity contribution in [2.24, 2.45) is 0 Å². The molecule has 0 saturated carbocycles. The fourth-order valence-electron chi connectivity index (χ4n) is 4.05. The molecule has 1 atom stereocenters. The lowest BCUT2D eigenvalue weighted by Gasteiger charge is -2.16. The Kier molecular flexibility index (Phi) is 5.66. The van der Waals surface area contributed by atoms with Gasteiger partial charge in [-0.3, -0.25) is 9.59 Å². The first-order valence-corrected chi connectivity index (χ1v) is 10.4. The van der Waals surface area contributed by atoms with Crippen molar-refractivity contribution in [3.63, 3.8) is 0 Å². The molecule has 4 heteroatoms. The molecule has 30 heavy (non-hydrogen) atoms. The SMILES string of the molecule is CC(=O)N1CCc2cc(C(=O)N[C@@H](C)Cc3ccc(-c4ccccc4)cc3)ccc21. The minimum Gasteiger partial charge on any atom is -0.349 e. The summed E-state index contributed by atoms with van der Waals surface area (Å²) in [7, 11) is 0. The van der Waals surface area contributed by atoms with E-state index in [1.54, 1.807) is 17.9 Å². The molecule has 152 valence electrons. The van der Waals surface area contributed by atoms with Crippen LogP contribution in [0, 0.1) is 0 Å². The minimum absolute atomic E-state index is 0.0158. The quantitative estimate of drug-likeness (QED) is 0.682. The summed E-state index contributed by atoms with van der Waals surface area (Å²) in [5.41, 5.74) is 6.20. The number of carbonyl (C=O) groups excluding carboxylic acids is 2. The van der Waals surface area contributed by atoms with Gasteiger partial charge in [-0.25, -0.2) is 0 Å². The highest BCUT2D eigenvalue weighted by atomic mass is 16.2. The van der Waals surface area contributed by atoms with Crippen LogP contribution in [0.3, 0.4) is 0 Å². The van der Waals surface area contributed by atoms with Gasteiger partial charge in [-0.15, -0.1) is 0 Å². The van der Waals surface area contributed by atoms with Gasteiger partial charge in [0.05, 0.1) is 0 Å². The van der Waals surface area contributed by atoms with Crippen molar-refractivity contribution in [3.8, 4) is 11.1 Å². The number of benzene rings is 3. The van der Waals surface area contributed by atoms with Crippen LogP contribution in [0.25, 0.3) is 11.1 Å². The van der Waals surface area contributed by atoms with E-state index >= 15 is 0 Å². The maximum atomic E-state index is 12.7. The van der Waals surface area contributed by atoms with Crippen molar-refractivity contribution in [1.29, 1.82) is 0 Å². The van der Waals surface area contributed by atoms with Crippen LogP contribution in [0.1, 0.15) is 35.3 Å². The smallest absolute Gasteiger partial charge is 0.251 e. The number of nitrogens with one attached hydrogen (secondary N) is 1. The van der Waals surface area contributed by atoms with Gasteiger partial charge in [-0.05, 0) is 60.2 Å². The van der Waals surface area contributed by atoms with E-state index in [0.29, 0.717) is 12.1 Å². The first-order chi connectivity index (χ1) is 14.5. The largest absolute Gasteiger partial charge is 0.349 e. The van der Waals surface area contributed by atoms with E-state index in [4.69, 9.17) is 0 Å². The van der Waals surface area contributed by atoms with Gasteiger partial charge in [0.1, 0.15) is 0 Å². The number of nitrogens with zero attached hydrogens (tertiary/aromatic N) is 1. The Labute approximate surface area is 177 Å². The van der Waals surface area contributed by atoms with E-state index < -0.39 is 0 Å². The second-order valence-electron chi connectivity index (χ2n) is 7.91. The first-order valence-electron chi connectivity index (χ1n) is 10.4. The molecule has 1 N–H and O–H groups in total.